The lowest BCUT2D eigenvalue weighted by Crippen LogP contribution is -2.10. The van der Waals surface area contributed by atoms with Crippen LogP contribution in [0.2, 0.25) is 0 Å². The number of fused-ring (bicyclic) bond motifs is 11. The lowest BCUT2D eigenvalue weighted by Gasteiger charge is -2.26. The number of benzene rings is 6. The molecule has 0 aliphatic rings. The Hall–Kier alpha value is -6.20. The van der Waals surface area contributed by atoms with Crippen LogP contribution in [0.4, 0.5) is 17.1 Å². The molecule has 0 spiro atoms. The average molecular weight is 578 g/mol. The minimum absolute atomic E-state index is 0.607. The molecule has 0 bridgehead atoms. The lowest BCUT2D eigenvalue weighted by molar-refractivity contribution is 0.654. The molecule has 6 aromatic carbocycles. The number of hydrogen-bond acceptors (Lipinski definition) is 5. The monoisotopic (exact) mass is 577 g/mol. The predicted octanol–water partition coefficient (Wildman–Crippen LogP) is 11.2. The SMILES string of the molecule is c1ccc2c(c1)ccc1c3cc(N(c4ccc5oc6ccncc6c5c4)c4ccnc5oc6ccccc6c45)ccc3ccc21. The number of para-hydroxylation sites is 1. The van der Waals surface area contributed by atoms with Gasteiger partial charge in [-0.3, -0.25) is 4.98 Å². The van der Waals surface area contributed by atoms with E-state index in [9.17, 15) is 0 Å². The van der Waals surface area contributed by atoms with Crippen molar-refractivity contribution in [2.75, 3.05) is 4.90 Å². The molecule has 0 saturated carbocycles. The van der Waals surface area contributed by atoms with Gasteiger partial charge in [-0.2, -0.15) is 0 Å². The summed E-state index contributed by atoms with van der Waals surface area (Å²) in [5.74, 6) is 0. The summed E-state index contributed by atoms with van der Waals surface area (Å²) >= 11 is 0. The molecule has 0 fully saturated rings. The first-order chi connectivity index (χ1) is 22.3. The van der Waals surface area contributed by atoms with Gasteiger partial charge in [0.2, 0.25) is 5.71 Å². The third-order valence-electron chi connectivity index (χ3n) is 9.00. The van der Waals surface area contributed by atoms with E-state index in [-0.39, 0.29) is 0 Å². The quantitative estimate of drug-likeness (QED) is 0.196. The van der Waals surface area contributed by atoms with Crippen LogP contribution in [0.1, 0.15) is 0 Å². The van der Waals surface area contributed by atoms with Crippen molar-refractivity contribution < 1.29 is 8.83 Å². The molecule has 0 radical (unpaired) electrons. The molecule has 210 valence electrons. The van der Waals surface area contributed by atoms with Gasteiger partial charge in [-0.15, -0.1) is 0 Å². The third kappa shape index (κ3) is 3.55. The number of rotatable bonds is 3. The van der Waals surface area contributed by atoms with Crippen molar-refractivity contribution in [3.63, 3.8) is 0 Å². The van der Waals surface area contributed by atoms with E-state index in [1.54, 1.807) is 6.20 Å². The first-order valence-corrected chi connectivity index (χ1v) is 15.0. The van der Waals surface area contributed by atoms with E-state index in [0.29, 0.717) is 5.71 Å². The summed E-state index contributed by atoms with van der Waals surface area (Å²) in [6.07, 6.45) is 5.46. The molecular formula is C40H23N3O2. The van der Waals surface area contributed by atoms with E-state index in [4.69, 9.17) is 8.83 Å². The summed E-state index contributed by atoms with van der Waals surface area (Å²) in [6.45, 7) is 0. The van der Waals surface area contributed by atoms with Gasteiger partial charge in [0.1, 0.15) is 16.7 Å². The van der Waals surface area contributed by atoms with Crippen molar-refractivity contribution in [2.45, 2.75) is 0 Å². The largest absolute Gasteiger partial charge is 0.456 e. The van der Waals surface area contributed by atoms with Crippen molar-refractivity contribution in [3.8, 4) is 0 Å². The topological polar surface area (TPSA) is 55.3 Å². The third-order valence-corrected chi connectivity index (χ3v) is 9.00. The molecule has 0 N–H and O–H groups in total. The average Bonchev–Trinajstić information content (AvgIpc) is 3.67. The summed E-state index contributed by atoms with van der Waals surface area (Å²) in [6, 6.07) is 42.7. The molecule has 0 saturated heterocycles. The second kappa shape index (κ2) is 9.15. The van der Waals surface area contributed by atoms with E-state index < -0.39 is 0 Å². The maximum absolute atomic E-state index is 6.24. The van der Waals surface area contributed by atoms with E-state index in [0.717, 1.165) is 55.4 Å². The van der Waals surface area contributed by atoms with Gasteiger partial charge in [-0.25, -0.2) is 4.98 Å². The molecule has 10 rings (SSSR count). The maximum Gasteiger partial charge on any atom is 0.229 e. The molecule has 5 nitrogen and oxygen atoms in total. The second-order valence-corrected chi connectivity index (χ2v) is 11.5. The number of anilines is 3. The summed E-state index contributed by atoms with van der Waals surface area (Å²) in [5, 5.41) is 11.3. The fraction of sp³-hybridized carbons (Fsp3) is 0. The Morgan fingerprint density at radius 2 is 1.16 bits per heavy atom. The highest BCUT2D eigenvalue weighted by Gasteiger charge is 2.21. The van der Waals surface area contributed by atoms with Gasteiger partial charge in [0.25, 0.3) is 0 Å². The van der Waals surface area contributed by atoms with Gasteiger partial charge in [-0.1, -0.05) is 72.8 Å². The normalized spacial score (nSPS) is 12.0. The van der Waals surface area contributed by atoms with Crippen LogP contribution in [-0.4, -0.2) is 9.97 Å². The van der Waals surface area contributed by atoms with Crippen LogP contribution < -0.4 is 4.90 Å². The highest BCUT2D eigenvalue weighted by Crippen LogP contribution is 2.45. The van der Waals surface area contributed by atoms with Crippen molar-refractivity contribution in [1.82, 2.24) is 9.97 Å². The highest BCUT2D eigenvalue weighted by atomic mass is 16.3. The summed E-state index contributed by atoms with van der Waals surface area (Å²) in [5.41, 5.74) is 6.08. The molecule has 0 amide bonds. The summed E-state index contributed by atoms with van der Waals surface area (Å²) < 4.78 is 12.4. The van der Waals surface area contributed by atoms with Crippen LogP contribution in [0.25, 0.3) is 76.3 Å². The zero-order chi connectivity index (χ0) is 29.5. The number of hydrogen-bond donors (Lipinski definition) is 0. The Labute approximate surface area is 256 Å². The van der Waals surface area contributed by atoms with Crippen molar-refractivity contribution in [3.05, 3.63) is 140 Å². The van der Waals surface area contributed by atoms with Gasteiger partial charge in [0, 0.05) is 46.1 Å². The second-order valence-electron chi connectivity index (χ2n) is 11.5. The Morgan fingerprint density at radius 3 is 2.07 bits per heavy atom. The van der Waals surface area contributed by atoms with Gasteiger partial charge in [0.05, 0.1) is 11.1 Å². The minimum atomic E-state index is 0.607. The molecule has 10 aromatic rings. The molecule has 5 heteroatoms. The van der Waals surface area contributed by atoms with Crippen molar-refractivity contribution in [2.24, 2.45) is 0 Å². The summed E-state index contributed by atoms with van der Waals surface area (Å²) in [4.78, 5) is 11.3. The Morgan fingerprint density at radius 1 is 0.467 bits per heavy atom. The Balaban J connectivity index is 1.29. The Kier molecular flexibility index (Phi) is 4.93. The van der Waals surface area contributed by atoms with Crippen LogP contribution in [0.3, 0.4) is 0 Å². The van der Waals surface area contributed by atoms with Crippen LogP contribution in [0.15, 0.2) is 149 Å². The minimum Gasteiger partial charge on any atom is -0.456 e. The number of aromatic nitrogens is 2. The van der Waals surface area contributed by atoms with E-state index >= 15 is 0 Å². The van der Waals surface area contributed by atoms with Gasteiger partial charge in [-0.05, 0) is 80.8 Å². The fourth-order valence-electron chi connectivity index (χ4n) is 6.94. The molecule has 0 aliphatic heterocycles. The van der Waals surface area contributed by atoms with Crippen molar-refractivity contribution in [1.29, 1.82) is 0 Å². The van der Waals surface area contributed by atoms with E-state index in [2.05, 4.69) is 106 Å². The highest BCUT2D eigenvalue weighted by molar-refractivity contribution is 6.18. The van der Waals surface area contributed by atoms with Crippen molar-refractivity contribution >= 4 is 93.4 Å². The molecule has 45 heavy (non-hydrogen) atoms. The molecule has 0 aliphatic carbocycles. The number of furan rings is 2. The zero-order valence-corrected chi connectivity index (χ0v) is 23.9. The first-order valence-electron chi connectivity index (χ1n) is 15.0. The number of nitrogens with zero attached hydrogens (tertiary/aromatic N) is 3. The first kappa shape index (κ1) is 24.3. The van der Waals surface area contributed by atoms with Gasteiger partial charge >= 0.3 is 0 Å². The van der Waals surface area contributed by atoms with Gasteiger partial charge in [0.15, 0.2) is 0 Å². The van der Waals surface area contributed by atoms with E-state index in [1.807, 2.05) is 42.7 Å². The fourth-order valence-corrected chi connectivity index (χ4v) is 6.94. The molecular weight excluding hydrogens is 554 g/mol. The van der Waals surface area contributed by atoms with Gasteiger partial charge < -0.3 is 13.7 Å². The van der Waals surface area contributed by atoms with E-state index in [1.165, 1.54) is 32.3 Å². The van der Waals surface area contributed by atoms with Crippen LogP contribution in [-0.2, 0) is 0 Å². The molecule has 4 aromatic heterocycles. The molecule has 0 unspecified atom stereocenters. The maximum atomic E-state index is 6.24. The van der Waals surface area contributed by atoms with Crippen LogP contribution in [0, 0.1) is 0 Å². The van der Waals surface area contributed by atoms with Crippen LogP contribution >= 0.6 is 0 Å². The standard InChI is InChI=1S/C40H23N3O2/c1-2-6-28-24(5-1)10-15-30-29(28)14-11-25-9-12-26(21-32(25)30)43(27-13-16-37-33(22-27)34-23-41-19-18-38(34)44-37)35-17-20-42-40-39(35)31-7-3-4-8-36(31)45-40/h1-23H. The smallest absolute Gasteiger partial charge is 0.229 e. The lowest BCUT2D eigenvalue weighted by atomic mass is 9.96. The molecule has 0 atom stereocenters. The Bertz CT molecular complexity index is 2790. The van der Waals surface area contributed by atoms with Crippen LogP contribution in [0.5, 0.6) is 0 Å². The zero-order valence-electron chi connectivity index (χ0n) is 23.9. The molecule has 4 heterocycles. The predicted molar refractivity (Wildman–Crippen MR) is 184 cm³/mol. The number of pyridine rings is 2. The summed E-state index contributed by atoms with van der Waals surface area (Å²) in [7, 11) is 0.